The molecular weight excluding hydrogens is 224 g/mol. The summed E-state index contributed by atoms with van der Waals surface area (Å²) in [5, 5.41) is 3.52. The van der Waals surface area contributed by atoms with Crippen LogP contribution in [-0.4, -0.2) is 35.2 Å². The maximum atomic E-state index is 4.58. The Balaban J connectivity index is 1.71. The molecule has 1 aliphatic heterocycles. The van der Waals surface area contributed by atoms with E-state index in [0.29, 0.717) is 0 Å². The summed E-state index contributed by atoms with van der Waals surface area (Å²) < 4.78 is 2.27. The van der Waals surface area contributed by atoms with E-state index in [1.807, 2.05) is 6.20 Å². The van der Waals surface area contributed by atoms with E-state index in [2.05, 4.69) is 32.9 Å². The first-order valence-corrected chi connectivity index (χ1v) is 7.37. The molecular formula is C14H24N4. The van der Waals surface area contributed by atoms with Crippen molar-refractivity contribution in [1.82, 2.24) is 14.9 Å². The summed E-state index contributed by atoms with van der Waals surface area (Å²) in [6, 6.07) is 0.750. The van der Waals surface area contributed by atoms with Crippen LogP contribution in [0.2, 0.25) is 0 Å². The zero-order valence-electron chi connectivity index (χ0n) is 11.3. The molecule has 0 aromatic carbocycles. The van der Waals surface area contributed by atoms with Crippen molar-refractivity contribution in [3.05, 3.63) is 12.4 Å². The molecule has 1 aromatic heterocycles. The summed E-state index contributed by atoms with van der Waals surface area (Å²) in [5.41, 5.74) is 0. The van der Waals surface area contributed by atoms with E-state index in [1.54, 1.807) is 0 Å². The van der Waals surface area contributed by atoms with Crippen molar-refractivity contribution < 1.29 is 0 Å². The molecule has 1 N–H and O–H groups in total. The highest BCUT2D eigenvalue weighted by atomic mass is 15.3. The third-order valence-electron chi connectivity index (χ3n) is 4.13. The minimum absolute atomic E-state index is 0.750. The molecule has 2 heterocycles. The normalized spacial score (nSPS) is 24.2. The fraction of sp³-hybridized carbons (Fsp3) is 0.786. The summed E-state index contributed by atoms with van der Waals surface area (Å²) in [6.45, 7) is 6.76. The summed E-state index contributed by atoms with van der Waals surface area (Å²) in [7, 11) is 0. The zero-order valence-corrected chi connectivity index (χ0v) is 11.3. The second kappa shape index (κ2) is 5.31. The van der Waals surface area contributed by atoms with Gasteiger partial charge < -0.3 is 14.8 Å². The Kier molecular flexibility index (Phi) is 3.55. The average molecular weight is 248 g/mol. The van der Waals surface area contributed by atoms with Crippen LogP contribution in [0.15, 0.2) is 12.4 Å². The SMILES string of the molecule is CCn1ccnc1N(CC1CCCNC1)C1CC1. The van der Waals surface area contributed by atoms with Crippen LogP contribution in [-0.2, 0) is 6.54 Å². The maximum Gasteiger partial charge on any atom is 0.205 e. The summed E-state index contributed by atoms with van der Waals surface area (Å²) in [6.07, 6.45) is 9.42. The Hall–Kier alpha value is -1.03. The first-order valence-electron chi connectivity index (χ1n) is 7.37. The quantitative estimate of drug-likeness (QED) is 0.863. The van der Waals surface area contributed by atoms with Crippen LogP contribution < -0.4 is 10.2 Å². The highest BCUT2D eigenvalue weighted by molar-refractivity contribution is 5.35. The third kappa shape index (κ3) is 2.53. The third-order valence-corrected chi connectivity index (χ3v) is 4.13. The Labute approximate surface area is 109 Å². The molecule has 1 saturated heterocycles. The lowest BCUT2D eigenvalue weighted by atomic mass is 9.99. The number of aryl methyl sites for hydroxylation is 1. The number of nitrogens with zero attached hydrogens (tertiary/aromatic N) is 3. The molecule has 2 fully saturated rings. The minimum atomic E-state index is 0.750. The Morgan fingerprint density at radius 2 is 2.33 bits per heavy atom. The molecule has 100 valence electrons. The molecule has 18 heavy (non-hydrogen) atoms. The Morgan fingerprint density at radius 3 is 3.00 bits per heavy atom. The lowest BCUT2D eigenvalue weighted by Gasteiger charge is -2.31. The molecule has 0 amide bonds. The van der Waals surface area contributed by atoms with Gasteiger partial charge in [0, 0.05) is 31.5 Å². The minimum Gasteiger partial charge on any atom is -0.339 e. The van der Waals surface area contributed by atoms with Crippen molar-refractivity contribution >= 4 is 5.95 Å². The standard InChI is InChI=1S/C14H24N4/c1-2-17-9-8-16-14(17)18(13-5-6-13)11-12-4-3-7-15-10-12/h8-9,12-13,15H,2-7,10-11H2,1H3. The van der Waals surface area contributed by atoms with Gasteiger partial charge in [-0.25, -0.2) is 4.98 Å². The number of piperidine rings is 1. The molecule has 1 unspecified atom stereocenters. The van der Waals surface area contributed by atoms with E-state index in [0.717, 1.165) is 18.5 Å². The van der Waals surface area contributed by atoms with Crippen LogP contribution in [0, 0.1) is 5.92 Å². The highest BCUT2D eigenvalue weighted by Crippen LogP contribution is 2.32. The number of anilines is 1. The van der Waals surface area contributed by atoms with Crippen molar-refractivity contribution in [1.29, 1.82) is 0 Å². The molecule has 2 aliphatic rings. The topological polar surface area (TPSA) is 33.1 Å². The van der Waals surface area contributed by atoms with E-state index in [1.165, 1.54) is 51.3 Å². The first kappa shape index (κ1) is 12.0. The lowest BCUT2D eigenvalue weighted by molar-refractivity contribution is 0.373. The predicted molar refractivity (Wildman–Crippen MR) is 73.9 cm³/mol. The zero-order chi connectivity index (χ0) is 12.4. The number of imidazole rings is 1. The van der Waals surface area contributed by atoms with Crippen molar-refractivity contribution in [2.45, 2.75) is 45.2 Å². The van der Waals surface area contributed by atoms with Gasteiger partial charge in [-0.05, 0) is 51.6 Å². The number of rotatable bonds is 5. The van der Waals surface area contributed by atoms with Crippen LogP contribution >= 0.6 is 0 Å². The van der Waals surface area contributed by atoms with Crippen molar-refractivity contribution in [2.75, 3.05) is 24.5 Å². The lowest BCUT2D eigenvalue weighted by Crippen LogP contribution is -2.40. The summed E-state index contributed by atoms with van der Waals surface area (Å²) >= 11 is 0. The van der Waals surface area contributed by atoms with Crippen LogP contribution in [0.3, 0.4) is 0 Å². The smallest absolute Gasteiger partial charge is 0.205 e. The number of hydrogen-bond acceptors (Lipinski definition) is 3. The van der Waals surface area contributed by atoms with E-state index in [-0.39, 0.29) is 0 Å². The molecule has 0 radical (unpaired) electrons. The molecule has 4 heteroatoms. The summed E-state index contributed by atoms with van der Waals surface area (Å²) in [5.74, 6) is 1.98. The van der Waals surface area contributed by atoms with Gasteiger partial charge in [-0.2, -0.15) is 0 Å². The molecule has 3 rings (SSSR count). The van der Waals surface area contributed by atoms with E-state index < -0.39 is 0 Å². The van der Waals surface area contributed by atoms with Gasteiger partial charge in [0.15, 0.2) is 0 Å². The molecule has 1 aromatic rings. The Morgan fingerprint density at radius 1 is 1.44 bits per heavy atom. The van der Waals surface area contributed by atoms with Gasteiger partial charge in [-0.1, -0.05) is 0 Å². The average Bonchev–Trinajstić information content (AvgIpc) is 3.14. The van der Waals surface area contributed by atoms with Gasteiger partial charge in [-0.3, -0.25) is 0 Å². The van der Waals surface area contributed by atoms with E-state index >= 15 is 0 Å². The molecule has 0 bridgehead atoms. The molecule has 4 nitrogen and oxygen atoms in total. The van der Waals surface area contributed by atoms with E-state index in [9.17, 15) is 0 Å². The first-order chi connectivity index (χ1) is 8.88. The Bertz CT molecular complexity index is 377. The van der Waals surface area contributed by atoms with Crippen molar-refractivity contribution in [2.24, 2.45) is 5.92 Å². The van der Waals surface area contributed by atoms with E-state index in [4.69, 9.17) is 0 Å². The van der Waals surface area contributed by atoms with Crippen LogP contribution in [0.1, 0.15) is 32.6 Å². The van der Waals surface area contributed by atoms with Gasteiger partial charge in [-0.15, -0.1) is 0 Å². The van der Waals surface area contributed by atoms with Crippen LogP contribution in [0.5, 0.6) is 0 Å². The fourth-order valence-electron chi connectivity index (χ4n) is 2.95. The van der Waals surface area contributed by atoms with Gasteiger partial charge in [0.25, 0.3) is 0 Å². The number of hydrogen-bond donors (Lipinski definition) is 1. The highest BCUT2D eigenvalue weighted by Gasteiger charge is 2.33. The van der Waals surface area contributed by atoms with Gasteiger partial charge in [0.2, 0.25) is 5.95 Å². The van der Waals surface area contributed by atoms with Gasteiger partial charge in [0.05, 0.1) is 0 Å². The van der Waals surface area contributed by atoms with Crippen molar-refractivity contribution in [3.8, 4) is 0 Å². The monoisotopic (exact) mass is 248 g/mol. The molecule has 1 saturated carbocycles. The largest absolute Gasteiger partial charge is 0.339 e. The molecule has 1 aliphatic carbocycles. The van der Waals surface area contributed by atoms with Crippen molar-refractivity contribution in [3.63, 3.8) is 0 Å². The second-order valence-electron chi connectivity index (χ2n) is 5.61. The molecule has 0 spiro atoms. The fourth-order valence-corrected chi connectivity index (χ4v) is 2.95. The predicted octanol–water partition coefficient (Wildman–Crippen LogP) is 1.87. The van der Waals surface area contributed by atoms with Gasteiger partial charge >= 0.3 is 0 Å². The van der Waals surface area contributed by atoms with Gasteiger partial charge in [0.1, 0.15) is 0 Å². The number of nitrogens with one attached hydrogen (secondary N) is 1. The van der Waals surface area contributed by atoms with Crippen LogP contribution in [0.4, 0.5) is 5.95 Å². The van der Waals surface area contributed by atoms with Crippen LogP contribution in [0.25, 0.3) is 0 Å². The molecule has 1 atom stereocenters. The number of aromatic nitrogens is 2. The second-order valence-corrected chi connectivity index (χ2v) is 5.61. The maximum absolute atomic E-state index is 4.58. The summed E-state index contributed by atoms with van der Waals surface area (Å²) in [4.78, 5) is 7.14.